The highest BCUT2D eigenvalue weighted by Crippen LogP contribution is 2.44. The monoisotopic (exact) mass is 438 g/mol. The molecule has 12 heteroatoms. The Kier molecular flexibility index (Phi) is 5.56. The molecule has 162 valence electrons. The Morgan fingerprint density at radius 2 is 1.94 bits per heavy atom. The van der Waals surface area contributed by atoms with E-state index in [2.05, 4.69) is 4.98 Å². The molecule has 9 nitrogen and oxygen atoms in total. The Morgan fingerprint density at radius 3 is 2.48 bits per heavy atom. The third-order valence-electron chi connectivity index (χ3n) is 4.29. The highest BCUT2D eigenvalue weighted by atomic mass is 19.4. The van der Waals surface area contributed by atoms with Crippen LogP contribution in [0.25, 0.3) is 22.5 Å². The molecule has 0 atom stereocenters. The van der Waals surface area contributed by atoms with Crippen molar-refractivity contribution in [1.29, 1.82) is 0 Å². The van der Waals surface area contributed by atoms with E-state index in [9.17, 15) is 33.2 Å². The molecule has 1 N–H and O–H groups in total. The number of nitro benzene ring substituents is 1. The molecule has 0 radical (unpaired) electrons. The third kappa shape index (κ3) is 3.86. The molecule has 0 aliphatic carbocycles. The number of hydrogen-bond donors (Lipinski definition) is 1. The summed E-state index contributed by atoms with van der Waals surface area (Å²) in [6.07, 6.45) is -3.06. The fraction of sp³-hybridized carbons (Fsp3) is 0.158. The number of benzene rings is 1. The topological polar surface area (TPSA) is 125 Å². The molecule has 1 aromatic carbocycles. The lowest BCUT2D eigenvalue weighted by Gasteiger charge is -2.11. The van der Waals surface area contributed by atoms with Gasteiger partial charge in [0, 0.05) is 23.4 Å². The van der Waals surface area contributed by atoms with Crippen LogP contribution in [-0.2, 0) is 6.18 Å². The third-order valence-corrected chi connectivity index (χ3v) is 4.29. The van der Waals surface area contributed by atoms with Crippen LogP contribution < -0.4 is 9.47 Å². The van der Waals surface area contributed by atoms with Crippen LogP contribution in [0.4, 0.5) is 18.9 Å². The number of aromatic nitrogens is 1. The molecule has 0 aliphatic rings. The number of halogens is 3. The van der Waals surface area contributed by atoms with Crippen LogP contribution in [0.1, 0.15) is 16.1 Å². The zero-order valence-electron chi connectivity index (χ0n) is 15.9. The maximum absolute atomic E-state index is 13.4. The summed E-state index contributed by atoms with van der Waals surface area (Å²) in [6.45, 7) is 0. The molecule has 0 saturated heterocycles. The van der Waals surface area contributed by atoms with E-state index in [1.165, 1.54) is 26.4 Å². The lowest BCUT2D eigenvalue weighted by Crippen LogP contribution is -2.10. The van der Waals surface area contributed by atoms with Gasteiger partial charge in [0.1, 0.15) is 5.56 Å². The lowest BCUT2D eigenvalue weighted by atomic mass is 9.98. The maximum Gasteiger partial charge on any atom is 0.434 e. The Morgan fingerprint density at radius 1 is 1.23 bits per heavy atom. The molecule has 0 unspecified atom stereocenters. The molecule has 0 amide bonds. The van der Waals surface area contributed by atoms with Gasteiger partial charge in [-0.15, -0.1) is 0 Å². The second-order valence-corrected chi connectivity index (χ2v) is 6.04. The predicted octanol–water partition coefficient (Wildman–Crippen LogP) is 4.65. The van der Waals surface area contributed by atoms with E-state index in [0.717, 1.165) is 24.6 Å². The van der Waals surface area contributed by atoms with Crippen molar-refractivity contribution in [3.8, 4) is 33.9 Å². The van der Waals surface area contributed by atoms with Gasteiger partial charge in [-0.25, -0.2) is 4.79 Å². The highest BCUT2D eigenvalue weighted by Gasteiger charge is 2.38. The number of rotatable bonds is 6. The number of alkyl halides is 3. The van der Waals surface area contributed by atoms with Crippen LogP contribution in [0.3, 0.4) is 0 Å². The average Bonchev–Trinajstić information content (AvgIpc) is 3.17. The number of carboxylic acid groups (broad SMARTS) is 1. The lowest BCUT2D eigenvalue weighted by molar-refractivity contribution is -0.385. The Labute approximate surface area is 171 Å². The number of aromatic carboxylic acids is 1. The first-order valence-electron chi connectivity index (χ1n) is 8.38. The summed E-state index contributed by atoms with van der Waals surface area (Å²) < 4.78 is 55.4. The fourth-order valence-corrected chi connectivity index (χ4v) is 3.03. The smallest absolute Gasteiger partial charge is 0.434 e. The highest BCUT2D eigenvalue weighted by molar-refractivity contribution is 6.02. The Hall–Kier alpha value is -4.09. The van der Waals surface area contributed by atoms with Crippen LogP contribution in [0.15, 0.2) is 41.1 Å². The minimum atomic E-state index is -4.87. The zero-order valence-corrected chi connectivity index (χ0v) is 15.9. The first-order valence-corrected chi connectivity index (χ1v) is 8.38. The van der Waals surface area contributed by atoms with Crippen molar-refractivity contribution < 1.29 is 41.9 Å². The van der Waals surface area contributed by atoms with Gasteiger partial charge < -0.3 is 19.0 Å². The van der Waals surface area contributed by atoms with Crippen LogP contribution in [0, 0.1) is 10.1 Å². The molecule has 0 aliphatic heterocycles. The van der Waals surface area contributed by atoms with Gasteiger partial charge in [-0.05, 0) is 23.8 Å². The molecule has 2 aromatic heterocycles. The summed E-state index contributed by atoms with van der Waals surface area (Å²) in [6, 6.07) is 4.47. The molecular weight excluding hydrogens is 425 g/mol. The Balaban J connectivity index is 2.31. The van der Waals surface area contributed by atoms with E-state index < -0.39 is 45.3 Å². The number of nitrogens with zero attached hydrogens (tertiary/aromatic N) is 2. The van der Waals surface area contributed by atoms with Crippen molar-refractivity contribution in [3.63, 3.8) is 0 Å². The van der Waals surface area contributed by atoms with Crippen molar-refractivity contribution in [2.45, 2.75) is 6.18 Å². The van der Waals surface area contributed by atoms with E-state index in [1.807, 2.05) is 0 Å². The molecule has 3 rings (SSSR count). The van der Waals surface area contributed by atoms with Crippen LogP contribution in [-0.4, -0.2) is 35.2 Å². The van der Waals surface area contributed by atoms with Gasteiger partial charge in [-0.2, -0.15) is 13.2 Å². The van der Waals surface area contributed by atoms with E-state index in [-0.39, 0.29) is 22.6 Å². The van der Waals surface area contributed by atoms with E-state index in [0.29, 0.717) is 0 Å². The first kappa shape index (κ1) is 21.6. The van der Waals surface area contributed by atoms with Crippen LogP contribution in [0.5, 0.6) is 11.5 Å². The fourth-order valence-electron chi connectivity index (χ4n) is 3.03. The number of carboxylic acids is 1. The molecule has 31 heavy (non-hydrogen) atoms. The largest absolute Gasteiger partial charge is 0.493 e. The normalized spacial score (nSPS) is 11.3. The quantitative estimate of drug-likeness (QED) is 0.436. The average molecular weight is 438 g/mol. The van der Waals surface area contributed by atoms with E-state index >= 15 is 0 Å². The summed E-state index contributed by atoms with van der Waals surface area (Å²) in [5.41, 5.74) is -3.31. The van der Waals surface area contributed by atoms with Gasteiger partial charge in [-0.1, -0.05) is 0 Å². The van der Waals surface area contributed by atoms with Gasteiger partial charge in [0.15, 0.2) is 17.2 Å². The predicted molar refractivity (Wildman–Crippen MR) is 99.1 cm³/mol. The van der Waals surface area contributed by atoms with Gasteiger partial charge in [0.05, 0.1) is 25.4 Å². The Bertz CT molecular complexity index is 1170. The molecule has 3 aromatic rings. The molecule has 0 saturated carbocycles. The second-order valence-electron chi connectivity index (χ2n) is 6.04. The minimum Gasteiger partial charge on any atom is -0.493 e. The number of pyridine rings is 1. The maximum atomic E-state index is 13.4. The van der Waals surface area contributed by atoms with Gasteiger partial charge in [0.25, 0.3) is 0 Å². The molecule has 0 spiro atoms. The number of methoxy groups -OCH3 is 2. The van der Waals surface area contributed by atoms with Crippen molar-refractivity contribution in [3.05, 3.63) is 58.1 Å². The summed E-state index contributed by atoms with van der Waals surface area (Å²) in [5.74, 6) is -2.49. The summed E-state index contributed by atoms with van der Waals surface area (Å²) in [5, 5.41) is 21.1. The van der Waals surface area contributed by atoms with Crippen molar-refractivity contribution in [2.75, 3.05) is 14.2 Å². The van der Waals surface area contributed by atoms with Gasteiger partial charge in [-0.3, -0.25) is 15.1 Å². The van der Waals surface area contributed by atoms with Gasteiger partial charge in [0.2, 0.25) is 5.75 Å². The SMILES string of the molecule is COc1cc(-c2coc(-c3cccnc3C(F)(F)F)c2C(=O)O)cc([N+](=O)[O-])c1OC. The van der Waals surface area contributed by atoms with Crippen molar-refractivity contribution in [2.24, 2.45) is 0 Å². The zero-order chi connectivity index (χ0) is 22.9. The molecular formula is C19H13F3N2O7. The first-order chi connectivity index (χ1) is 14.6. The van der Waals surface area contributed by atoms with Crippen LogP contribution in [0.2, 0.25) is 0 Å². The van der Waals surface area contributed by atoms with Crippen molar-refractivity contribution >= 4 is 11.7 Å². The summed E-state index contributed by atoms with van der Waals surface area (Å²) in [7, 11) is 2.40. The molecule has 2 heterocycles. The second kappa shape index (κ2) is 7.97. The van der Waals surface area contributed by atoms with Gasteiger partial charge >= 0.3 is 17.8 Å². The van der Waals surface area contributed by atoms with E-state index in [1.54, 1.807) is 0 Å². The molecule has 0 bridgehead atoms. The number of nitro groups is 1. The minimum absolute atomic E-state index is 0.0331. The van der Waals surface area contributed by atoms with Crippen LogP contribution >= 0.6 is 0 Å². The number of furan rings is 1. The number of hydrogen-bond acceptors (Lipinski definition) is 7. The number of ether oxygens (including phenoxy) is 2. The summed E-state index contributed by atoms with van der Waals surface area (Å²) >= 11 is 0. The standard InChI is InChI=1S/C19H13F3N2O7/c1-29-13-7-9(6-12(24(27)28)16(13)30-2)11-8-31-15(14(11)18(25)26)10-4-3-5-23-17(10)19(20,21)22/h3-8H,1-2H3,(H,25,26). The summed E-state index contributed by atoms with van der Waals surface area (Å²) in [4.78, 5) is 25.9. The number of carbonyl (C=O) groups is 1. The van der Waals surface area contributed by atoms with Crippen molar-refractivity contribution in [1.82, 2.24) is 4.98 Å². The molecule has 0 fully saturated rings. The van der Waals surface area contributed by atoms with E-state index in [4.69, 9.17) is 13.9 Å².